The summed E-state index contributed by atoms with van der Waals surface area (Å²) in [6, 6.07) is 0.273. The lowest BCUT2D eigenvalue weighted by atomic mass is 9.88. The molecule has 1 saturated heterocycles. The molecule has 0 aromatic carbocycles. The summed E-state index contributed by atoms with van der Waals surface area (Å²) in [5, 5.41) is 3.10. The number of rotatable bonds is 2. The number of hydrogen-bond acceptors (Lipinski definition) is 2. The highest BCUT2D eigenvalue weighted by atomic mass is 127. The molecule has 1 atom stereocenters. The topological polar surface area (TPSA) is 38.3 Å². The van der Waals surface area contributed by atoms with Crippen LogP contribution in [0.2, 0.25) is 0 Å². The first-order valence-corrected chi connectivity index (χ1v) is 7.02. The maximum Gasteiger partial charge on any atom is 0.223 e. The molecular weight excluding hydrogens is 305 g/mol. The van der Waals surface area contributed by atoms with Gasteiger partial charge in [-0.25, -0.2) is 0 Å². The van der Waals surface area contributed by atoms with E-state index in [0.29, 0.717) is 6.61 Å². The summed E-state index contributed by atoms with van der Waals surface area (Å²) in [7, 11) is 0. The summed E-state index contributed by atoms with van der Waals surface area (Å²) in [4.78, 5) is 11.9. The lowest BCUT2D eigenvalue weighted by molar-refractivity contribution is -0.126. The van der Waals surface area contributed by atoms with Crippen molar-refractivity contribution >= 4 is 28.5 Å². The minimum absolute atomic E-state index is 0.258. The average Bonchev–Trinajstić information content (AvgIpc) is 2.71. The Hall–Kier alpha value is 0.160. The van der Waals surface area contributed by atoms with E-state index in [-0.39, 0.29) is 17.9 Å². The van der Waals surface area contributed by atoms with E-state index in [1.54, 1.807) is 0 Å². The van der Waals surface area contributed by atoms with Crippen molar-refractivity contribution in [2.75, 3.05) is 13.2 Å². The highest BCUT2D eigenvalue weighted by molar-refractivity contribution is 14.1. The molecule has 0 bridgehead atoms. The Balaban J connectivity index is 1.75. The molecule has 2 aliphatic rings. The van der Waals surface area contributed by atoms with E-state index in [9.17, 15) is 4.79 Å². The number of halogens is 1. The number of ether oxygens (including phenoxy) is 1. The van der Waals surface area contributed by atoms with Crippen LogP contribution in [0.1, 0.15) is 32.1 Å². The Morgan fingerprint density at radius 3 is 2.53 bits per heavy atom. The molecule has 1 aliphatic heterocycles. The van der Waals surface area contributed by atoms with Crippen molar-refractivity contribution < 1.29 is 9.53 Å². The van der Waals surface area contributed by atoms with Crippen LogP contribution in [-0.2, 0) is 9.53 Å². The number of carbonyl (C=O) groups is 1. The molecule has 0 aromatic rings. The molecule has 2 fully saturated rings. The fraction of sp³-hybridized carbons (Fsp3) is 0.909. The fourth-order valence-corrected chi connectivity index (χ4v) is 3.00. The lowest BCUT2D eigenvalue weighted by Crippen LogP contribution is -2.40. The van der Waals surface area contributed by atoms with Gasteiger partial charge < -0.3 is 10.1 Å². The maximum absolute atomic E-state index is 11.9. The summed E-state index contributed by atoms with van der Waals surface area (Å²) in [6.07, 6.45) is 5.49. The molecule has 4 heteroatoms. The number of alkyl halides is 1. The molecule has 2 rings (SSSR count). The average molecular weight is 323 g/mol. The van der Waals surface area contributed by atoms with Crippen molar-refractivity contribution in [1.29, 1.82) is 0 Å². The molecule has 1 unspecified atom stereocenters. The number of amides is 1. The number of carbonyl (C=O) groups excluding carboxylic acids is 1. The lowest BCUT2D eigenvalue weighted by Gasteiger charge is -2.25. The SMILES string of the molecule is O=C(NC1CCOC1)[C@H]1CC[C@H](I)CC1. The van der Waals surface area contributed by atoms with Crippen LogP contribution in [0, 0.1) is 5.92 Å². The number of hydrogen-bond donors (Lipinski definition) is 1. The second kappa shape index (κ2) is 5.48. The van der Waals surface area contributed by atoms with Gasteiger partial charge in [0.25, 0.3) is 0 Å². The predicted molar refractivity (Wildman–Crippen MR) is 67.1 cm³/mol. The van der Waals surface area contributed by atoms with Gasteiger partial charge >= 0.3 is 0 Å². The minimum Gasteiger partial charge on any atom is -0.379 e. The van der Waals surface area contributed by atoms with E-state index in [2.05, 4.69) is 27.9 Å². The maximum atomic E-state index is 11.9. The Labute approximate surface area is 104 Å². The summed E-state index contributed by atoms with van der Waals surface area (Å²) in [6.45, 7) is 1.50. The second-order valence-electron chi connectivity index (χ2n) is 4.52. The van der Waals surface area contributed by atoms with Crippen LogP contribution in [0.25, 0.3) is 0 Å². The molecular formula is C11H18INO2. The summed E-state index contributed by atoms with van der Waals surface area (Å²) in [5.41, 5.74) is 0. The summed E-state index contributed by atoms with van der Waals surface area (Å²) < 4.78 is 6.03. The standard InChI is InChI=1S/C11H18INO2/c12-9-3-1-8(2-4-9)11(14)13-10-5-6-15-7-10/h8-10H,1-7H2,(H,13,14)/t8-,9-,10?. The zero-order valence-electron chi connectivity index (χ0n) is 8.88. The van der Waals surface area contributed by atoms with Gasteiger partial charge in [0.05, 0.1) is 12.6 Å². The molecule has 1 amide bonds. The van der Waals surface area contributed by atoms with Crippen molar-refractivity contribution in [1.82, 2.24) is 5.32 Å². The van der Waals surface area contributed by atoms with Crippen molar-refractivity contribution in [2.24, 2.45) is 5.92 Å². The van der Waals surface area contributed by atoms with Crippen LogP contribution in [0.15, 0.2) is 0 Å². The smallest absolute Gasteiger partial charge is 0.223 e. The Morgan fingerprint density at radius 1 is 1.20 bits per heavy atom. The molecule has 15 heavy (non-hydrogen) atoms. The van der Waals surface area contributed by atoms with E-state index >= 15 is 0 Å². The first-order valence-electron chi connectivity index (χ1n) is 5.78. The number of nitrogens with one attached hydrogen (secondary N) is 1. The highest BCUT2D eigenvalue weighted by Crippen LogP contribution is 2.29. The molecule has 1 saturated carbocycles. The van der Waals surface area contributed by atoms with E-state index in [4.69, 9.17) is 4.74 Å². The van der Waals surface area contributed by atoms with Gasteiger partial charge in [-0.2, -0.15) is 0 Å². The quantitative estimate of drug-likeness (QED) is 0.622. The van der Waals surface area contributed by atoms with Gasteiger partial charge in [0.15, 0.2) is 0 Å². The van der Waals surface area contributed by atoms with Crippen LogP contribution in [-0.4, -0.2) is 29.1 Å². The van der Waals surface area contributed by atoms with Gasteiger partial charge in [0.2, 0.25) is 5.91 Å². The van der Waals surface area contributed by atoms with Crippen LogP contribution < -0.4 is 5.32 Å². The fourth-order valence-electron chi connectivity index (χ4n) is 2.28. The zero-order chi connectivity index (χ0) is 10.7. The molecule has 1 heterocycles. The van der Waals surface area contributed by atoms with Gasteiger partial charge in [-0.05, 0) is 32.1 Å². The van der Waals surface area contributed by atoms with Crippen LogP contribution in [0.5, 0.6) is 0 Å². The molecule has 1 N–H and O–H groups in total. The molecule has 3 nitrogen and oxygen atoms in total. The normalized spacial score (nSPS) is 36.5. The van der Waals surface area contributed by atoms with Crippen molar-refractivity contribution in [2.45, 2.75) is 42.1 Å². The van der Waals surface area contributed by atoms with Crippen LogP contribution in [0.3, 0.4) is 0 Å². The Kier molecular flexibility index (Phi) is 4.25. The third kappa shape index (κ3) is 3.31. The first-order chi connectivity index (χ1) is 7.25. The highest BCUT2D eigenvalue weighted by Gasteiger charge is 2.27. The van der Waals surface area contributed by atoms with Gasteiger partial charge in [-0.3, -0.25) is 4.79 Å². The van der Waals surface area contributed by atoms with E-state index in [0.717, 1.165) is 29.8 Å². The summed E-state index contributed by atoms with van der Waals surface area (Å²) >= 11 is 2.49. The Bertz CT molecular complexity index is 221. The van der Waals surface area contributed by atoms with Crippen molar-refractivity contribution in [3.05, 3.63) is 0 Å². The van der Waals surface area contributed by atoms with E-state index in [1.165, 1.54) is 12.8 Å². The molecule has 0 radical (unpaired) electrons. The molecule has 86 valence electrons. The second-order valence-corrected chi connectivity index (χ2v) is 6.28. The van der Waals surface area contributed by atoms with E-state index < -0.39 is 0 Å². The zero-order valence-corrected chi connectivity index (χ0v) is 11.0. The molecule has 1 aliphatic carbocycles. The van der Waals surface area contributed by atoms with Gasteiger partial charge in [-0.1, -0.05) is 22.6 Å². The third-order valence-corrected chi connectivity index (χ3v) is 4.55. The van der Waals surface area contributed by atoms with Crippen LogP contribution in [0.4, 0.5) is 0 Å². The first kappa shape index (κ1) is 11.6. The summed E-state index contributed by atoms with van der Waals surface area (Å²) in [5.74, 6) is 0.519. The largest absolute Gasteiger partial charge is 0.379 e. The molecule has 0 spiro atoms. The van der Waals surface area contributed by atoms with Gasteiger partial charge in [0, 0.05) is 16.4 Å². The van der Waals surface area contributed by atoms with Crippen LogP contribution >= 0.6 is 22.6 Å². The molecule has 0 aromatic heterocycles. The van der Waals surface area contributed by atoms with Crippen molar-refractivity contribution in [3.8, 4) is 0 Å². The van der Waals surface area contributed by atoms with Crippen molar-refractivity contribution in [3.63, 3.8) is 0 Å². The monoisotopic (exact) mass is 323 g/mol. The van der Waals surface area contributed by atoms with E-state index in [1.807, 2.05) is 0 Å². The minimum atomic E-state index is 0.258. The predicted octanol–water partition coefficient (Wildman–Crippen LogP) is 1.89. The Morgan fingerprint density at radius 2 is 1.93 bits per heavy atom. The third-order valence-electron chi connectivity index (χ3n) is 3.30. The van der Waals surface area contributed by atoms with Gasteiger partial charge in [0.1, 0.15) is 0 Å². The van der Waals surface area contributed by atoms with Gasteiger partial charge in [-0.15, -0.1) is 0 Å².